The van der Waals surface area contributed by atoms with Crippen LogP contribution in [0, 0.1) is 25.2 Å². The predicted octanol–water partition coefficient (Wildman–Crippen LogP) is 4.29. The first-order valence-electron chi connectivity index (χ1n) is 7.31. The van der Waals surface area contributed by atoms with Gasteiger partial charge in [-0.2, -0.15) is 5.26 Å². The van der Waals surface area contributed by atoms with Gasteiger partial charge in [-0.05, 0) is 47.5 Å². The van der Waals surface area contributed by atoms with E-state index in [1.54, 1.807) is 26.5 Å². The van der Waals surface area contributed by atoms with Crippen LogP contribution < -0.4 is 9.47 Å². The molecule has 5 nitrogen and oxygen atoms in total. The lowest BCUT2D eigenvalue weighted by Gasteiger charge is -2.14. The van der Waals surface area contributed by atoms with Gasteiger partial charge >= 0.3 is 0 Å². The van der Waals surface area contributed by atoms with Gasteiger partial charge in [0.15, 0.2) is 0 Å². The number of fused-ring (bicyclic) bond motifs is 1. The van der Waals surface area contributed by atoms with Gasteiger partial charge in [0.25, 0.3) is 0 Å². The van der Waals surface area contributed by atoms with Crippen LogP contribution in [0.4, 0.5) is 0 Å². The van der Waals surface area contributed by atoms with Crippen LogP contribution in [0.3, 0.4) is 0 Å². The average molecular weight is 386 g/mol. The number of hydrogen-bond donors (Lipinski definition) is 0. The third-order valence-electron chi connectivity index (χ3n) is 3.90. The van der Waals surface area contributed by atoms with Crippen LogP contribution in [0.2, 0.25) is 0 Å². The van der Waals surface area contributed by atoms with Crippen LogP contribution in [-0.4, -0.2) is 23.8 Å². The normalized spacial score (nSPS) is 10.7. The van der Waals surface area contributed by atoms with Crippen LogP contribution >= 0.6 is 15.9 Å². The van der Waals surface area contributed by atoms with Gasteiger partial charge in [-0.25, -0.2) is 4.98 Å². The summed E-state index contributed by atoms with van der Waals surface area (Å²) >= 11 is 3.58. The van der Waals surface area contributed by atoms with E-state index in [4.69, 9.17) is 9.47 Å². The van der Waals surface area contributed by atoms with E-state index in [0.717, 1.165) is 32.5 Å². The van der Waals surface area contributed by atoms with Gasteiger partial charge in [0.05, 0.1) is 19.8 Å². The Labute approximate surface area is 148 Å². The molecule has 3 aromatic rings. The van der Waals surface area contributed by atoms with Crippen LogP contribution in [0.25, 0.3) is 16.7 Å². The van der Waals surface area contributed by atoms with Crippen LogP contribution in [0.15, 0.2) is 28.9 Å². The number of nitriles is 1. The van der Waals surface area contributed by atoms with Crippen molar-refractivity contribution in [2.45, 2.75) is 13.8 Å². The molecule has 0 bridgehead atoms. The van der Waals surface area contributed by atoms with E-state index in [-0.39, 0.29) is 0 Å². The van der Waals surface area contributed by atoms with Gasteiger partial charge in [-0.3, -0.25) is 4.57 Å². The number of halogens is 1. The Morgan fingerprint density at radius 2 is 1.92 bits per heavy atom. The molecule has 3 rings (SSSR count). The van der Waals surface area contributed by atoms with Crippen molar-refractivity contribution in [1.29, 1.82) is 5.26 Å². The number of rotatable bonds is 3. The Morgan fingerprint density at radius 3 is 2.54 bits per heavy atom. The lowest BCUT2D eigenvalue weighted by molar-refractivity contribution is 0.393. The minimum Gasteiger partial charge on any atom is -0.497 e. The van der Waals surface area contributed by atoms with E-state index in [1.165, 1.54) is 0 Å². The fraction of sp³-hybridized carbons (Fsp3) is 0.222. The SMILES string of the molecule is COc1cc(Br)c(-n2cc(C#N)c3c(C)cc(C)nc32)c(OC)c1. The molecule has 0 amide bonds. The van der Waals surface area contributed by atoms with Crippen molar-refractivity contribution in [3.05, 3.63) is 45.7 Å². The molecule has 0 aliphatic heterocycles. The van der Waals surface area contributed by atoms with Crippen molar-refractivity contribution >= 4 is 27.0 Å². The zero-order valence-electron chi connectivity index (χ0n) is 13.8. The number of ether oxygens (including phenoxy) is 2. The predicted molar refractivity (Wildman–Crippen MR) is 96.1 cm³/mol. The monoisotopic (exact) mass is 385 g/mol. The maximum Gasteiger partial charge on any atom is 0.147 e. The standard InChI is InChI=1S/C18H16BrN3O2/c1-10-5-11(2)21-18-16(10)12(8-20)9-22(18)17-14(19)6-13(23-3)7-15(17)24-4/h5-7,9H,1-4H3. The molecule has 0 radical (unpaired) electrons. The van der Waals surface area contributed by atoms with E-state index in [1.807, 2.05) is 30.5 Å². The minimum atomic E-state index is 0.583. The Hall–Kier alpha value is -2.52. The number of aromatic nitrogens is 2. The lowest BCUT2D eigenvalue weighted by Crippen LogP contribution is -2.01. The van der Waals surface area contributed by atoms with Gasteiger partial charge < -0.3 is 9.47 Å². The first kappa shape index (κ1) is 16.3. The third kappa shape index (κ3) is 2.51. The highest BCUT2D eigenvalue weighted by Crippen LogP contribution is 2.38. The molecule has 2 heterocycles. The number of nitrogens with zero attached hydrogens (tertiary/aromatic N) is 3. The van der Waals surface area contributed by atoms with E-state index in [0.29, 0.717) is 17.1 Å². The first-order valence-corrected chi connectivity index (χ1v) is 8.10. The largest absolute Gasteiger partial charge is 0.497 e. The van der Waals surface area contributed by atoms with Crippen LogP contribution in [0.5, 0.6) is 11.5 Å². The number of hydrogen-bond acceptors (Lipinski definition) is 4. The zero-order chi connectivity index (χ0) is 17.4. The second-order valence-electron chi connectivity index (χ2n) is 5.46. The molecule has 0 N–H and O–H groups in total. The van der Waals surface area contributed by atoms with E-state index in [2.05, 4.69) is 27.0 Å². The molecular weight excluding hydrogens is 370 g/mol. The Kier molecular flexibility index (Phi) is 4.20. The summed E-state index contributed by atoms with van der Waals surface area (Å²) < 4.78 is 13.5. The molecular formula is C18H16BrN3O2. The lowest BCUT2D eigenvalue weighted by atomic mass is 10.1. The molecule has 0 unspecified atom stereocenters. The van der Waals surface area contributed by atoms with Crippen LogP contribution in [0.1, 0.15) is 16.8 Å². The Bertz CT molecular complexity index is 986. The van der Waals surface area contributed by atoms with Crippen molar-refractivity contribution in [3.63, 3.8) is 0 Å². The second kappa shape index (κ2) is 6.17. The molecule has 0 aliphatic rings. The van der Waals surface area contributed by atoms with Gasteiger partial charge in [-0.1, -0.05) is 0 Å². The molecule has 0 atom stereocenters. The summed E-state index contributed by atoms with van der Waals surface area (Å²) in [7, 11) is 3.21. The maximum absolute atomic E-state index is 9.51. The zero-order valence-corrected chi connectivity index (χ0v) is 15.4. The summed E-state index contributed by atoms with van der Waals surface area (Å²) in [6, 6.07) is 7.90. The van der Waals surface area contributed by atoms with E-state index in [9.17, 15) is 5.26 Å². The molecule has 0 aliphatic carbocycles. The number of pyridine rings is 1. The van der Waals surface area contributed by atoms with Crippen molar-refractivity contribution in [2.24, 2.45) is 0 Å². The minimum absolute atomic E-state index is 0.583. The summed E-state index contributed by atoms with van der Waals surface area (Å²) in [5.74, 6) is 1.31. The summed E-state index contributed by atoms with van der Waals surface area (Å²) in [5.41, 5.74) is 4.01. The van der Waals surface area contributed by atoms with Crippen molar-refractivity contribution < 1.29 is 9.47 Å². The summed E-state index contributed by atoms with van der Waals surface area (Å²) in [5, 5.41) is 10.4. The summed E-state index contributed by atoms with van der Waals surface area (Å²) in [4.78, 5) is 4.64. The molecule has 2 aromatic heterocycles. The average Bonchev–Trinajstić information content (AvgIpc) is 2.92. The fourth-order valence-electron chi connectivity index (χ4n) is 2.89. The molecule has 0 saturated carbocycles. The fourth-order valence-corrected chi connectivity index (χ4v) is 3.50. The van der Waals surface area contributed by atoms with Crippen molar-refractivity contribution in [1.82, 2.24) is 9.55 Å². The highest BCUT2D eigenvalue weighted by Gasteiger charge is 2.19. The number of aryl methyl sites for hydroxylation is 2. The molecule has 0 saturated heterocycles. The number of benzene rings is 1. The summed E-state index contributed by atoms with van der Waals surface area (Å²) in [6.45, 7) is 3.93. The van der Waals surface area contributed by atoms with Crippen LogP contribution in [-0.2, 0) is 0 Å². The third-order valence-corrected chi connectivity index (χ3v) is 4.50. The molecule has 1 aromatic carbocycles. The highest BCUT2D eigenvalue weighted by molar-refractivity contribution is 9.10. The molecule has 24 heavy (non-hydrogen) atoms. The van der Waals surface area contributed by atoms with Crippen molar-refractivity contribution in [3.8, 4) is 23.3 Å². The molecule has 0 fully saturated rings. The van der Waals surface area contributed by atoms with Gasteiger partial charge in [0.1, 0.15) is 28.9 Å². The first-order chi connectivity index (χ1) is 11.5. The molecule has 0 spiro atoms. The maximum atomic E-state index is 9.51. The smallest absolute Gasteiger partial charge is 0.147 e. The second-order valence-corrected chi connectivity index (χ2v) is 6.32. The quantitative estimate of drug-likeness (QED) is 0.674. The Balaban J connectivity index is 2.42. The Morgan fingerprint density at radius 1 is 1.17 bits per heavy atom. The molecule has 6 heteroatoms. The van der Waals surface area contributed by atoms with E-state index < -0.39 is 0 Å². The number of methoxy groups -OCH3 is 2. The van der Waals surface area contributed by atoms with Crippen molar-refractivity contribution in [2.75, 3.05) is 14.2 Å². The molecule has 122 valence electrons. The highest BCUT2D eigenvalue weighted by atomic mass is 79.9. The topological polar surface area (TPSA) is 60.1 Å². The van der Waals surface area contributed by atoms with Gasteiger partial charge in [-0.15, -0.1) is 0 Å². The van der Waals surface area contributed by atoms with Gasteiger partial charge in [0.2, 0.25) is 0 Å². The van der Waals surface area contributed by atoms with E-state index >= 15 is 0 Å². The van der Waals surface area contributed by atoms with Gasteiger partial charge in [0, 0.05) is 27.8 Å². The summed E-state index contributed by atoms with van der Waals surface area (Å²) in [6.07, 6.45) is 1.79.